The number of aliphatic hydroxyl groups is 1. The fourth-order valence-electron chi connectivity index (χ4n) is 3.30. The van der Waals surface area contributed by atoms with Gasteiger partial charge in [0.05, 0.1) is 28.5 Å². The highest BCUT2D eigenvalue weighted by Crippen LogP contribution is 2.25. The summed E-state index contributed by atoms with van der Waals surface area (Å²) in [5.74, 6) is 0.840. The number of hydrogen-bond acceptors (Lipinski definition) is 7. The number of imidazole rings is 1. The first-order valence-electron chi connectivity index (χ1n) is 10.1. The molecule has 5 N–H and O–H groups in total. The van der Waals surface area contributed by atoms with Gasteiger partial charge in [-0.1, -0.05) is 6.07 Å². The van der Waals surface area contributed by atoms with E-state index >= 15 is 0 Å². The smallest absolute Gasteiger partial charge is 0.321 e. The maximum atomic E-state index is 12.3. The van der Waals surface area contributed by atoms with Crippen LogP contribution in [0.2, 0.25) is 0 Å². The Morgan fingerprint density at radius 3 is 2.78 bits per heavy atom. The van der Waals surface area contributed by atoms with Gasteiger partial charge in [-0.15, -0.1) is 0 Å². The van der Waals surface area contributed by atoms with Crippen molar-refractivity contribution in [3.63, 3.8) is 0 Å². The molecule has 166 valence electrons. The zero-order valence-electron chi connectivity index (χ0n) is 17.2. The lowest BCUT2D eigenvalue weighted by Crippen LogP contribution is -2.32. The number of H-pyrrole nitrogens is 1. The Morgan fingerprint density at radius 1 is 1.22 bits per heavy atom. The minimum Gasteiger partial charge on any atom is -0.514 e. The molecule has 0 radical (unpaired) electrons. The molecule has 0 unspecified atom stereocenters. The number of aromatic nitrogens is 4. The van der Waals surface area contributed by atoms with Crippen molar-refractivity contribution >= 4 is 45.1 Å². The molecule has 0 atom stereocenters. The Hall–Kier alpha value is -3.60. The van der Waals surface area contributed by atoms with Gasteiger partial charge < -0.3 is 30.9 Å². The largest absolute Gasteiger partial charge is 0.514 e. The lowest BCUT2D eigenvalue weighted by Gasteiger charge is -2.16. The van der Waals surface area contributed by atoms with Gasteiger partial charge in [-0.2, -0.15) is 4.98 Å². The van der Waals surface area contributed by atoms with Gasteiger partial charge in [-0.3, -0.25) is 0 Å². The van der Waals surface area contributed by atoms with Crippen molar-refractivity contribution in [2.75, 3.05) is 29.0 Å². The van der Waals surface area contributed by atoms with Gasteiger partial charge in [0.15, 0.2) is 0 Å². The topological polar surface area (TPSA) is 131 Å². The van der Waals surface area contributed by atoms with Crippen molar-refractivity contribution in [1.82, 2.24) is 24.8 Å². The number of carbonyl (C=O) groups excluding carboxylic acids is 1. The van der Waals surface area contributed by atoms with E-state index in [9.17, 15) is 9.90 Å². The molecule has 1 aromatic carbocycles. The molecule has 0 spiro atoms. The number of hydrogen-bond donors (Lipinski definition) is 5. The summed E-state index contributed by atoms with van der Waals surface area (Å²) in [6.07, 6.45) is 8.42. The Morgan fingerprint density at radius 2 is 2.03 bits per heavy atom. The average Bonchev–Trinajstić information content (AvgIpc) is 3.50. The molecule has 1 saturated heterocycles. The van der Waals surface area contributed by atoms with Crippen molar-refractivity contribution < 1.29 is 9.90 Å². The first kappa shape index (κ1) is 21.6. The van der Waals surface area contributed by atoms with Crippen molar-refractivity contribution in [2.24, 2.45) is 0 Å². The van der Waals surface area contributed by atoms with Gasteiger partial charge in [-0.25, -0.2) is 14.8 Å². The molecule has 11 heteroatoms. The van der Waals surface area contributed by atoms with E-state index in [-0.39, 0.29) is 6.03 Å². The maximum Gasteiger partial charge on any atom is 0.321 e. The van der Waals surface area contributed by atoms with Gasteiger partial charge in [0.2, 0.25) is 5.95 Å². The van der Waals surface area contributed by atoms with Crippen molar-refractivity contribution in [1.29, 1.82) is 0 Å². The number of anilines is 4. The van der Waals surface area contributed by atoms with E-state index in [1.807, 2.05) is 29.2 Å². The van der Waals surface area contributed by atoms with E-state index in [1.54, 1.807) is 18.7 Å². The van der Waals surface area contributed by atoms with Crippen LogP contribution < -0.4 is 16.0 Å². The summed E-state index contributed by atoms with van der Waals surface area (Å²) in [5, 5.41) is 18.7. The molecule has 1 aliphatic heterocycles. The number of allylic oxidation sites excluding steroid dienone is 1. The summed E-state index contributed by atoms with van der Waals surface area (Å²) >= 11 is 3.42. The monoisotopic (exact) mass is 498 g/mol. The highest BCUT2D eigenvalue weighted by molar-refractivity contribution is 9.10. The van der Waals surface area contributed by atoms with Gasteiger partial charge >= 0.3 is 6.03 Å². The third-order valence-electron chi connectivity index (χ3n) is 4.87. The van der Waals surface area contributed by atoms with E-state index in [2.05, 4.69) is 51.8 Å². The first-order chi connectivity index (χ1) is 15.6. The van der Waals surface area contributed by atoms with E-state index < -0.39 is 0 Å². The fourth-order valence-corrected chi connectivity index (χ4v) is 3.59. The van der Waals surface area contributed by atoms with Crippen molar-refractivity contribution in [3.05, 3.63) is 65.1 Å². The van der Waals surface area contributed by atoms with Crippen LogP contribution in [0.1, 0.15) is 18.5 Å². The number of aromatic amines is 1. The molecular formula is C21H23BrN8O2. The number of carbonyl (C=O) groups is 1. The zero-order chi connectivity index (χ0) is 22.3. The van der Waals surface area contributed by atoms with E-state index in [0.29, 0.717) is 34.0 Å². The molecule has 0 aliphatic carbocycles. The molecule has 1 fully saturated rings. The minimum absolute atomic E-state index is 0.0914. The van der Waals surface area contributed by atoms with Gasteiger partial charge in [0.1, 0.15) is 5.82 Å². The molecule has 1 aliphatic rings. The van der Waals surface area contributed by atoms with Crippen LogP contribution in [0.25, 0.3) is 0 Å². The number of rotatable bonds is 7. The molecule has 3 heterocycles. The predicted molar refractivity (Wildman–Crippen MR) is 126 cm³/mol. The predicted octanol–water partition coefficient (Wildman–Crippen LogP) is 4.39. The molecule has 10 nitrogen and oxygen atoms in total. The van der Waals surface area contributed by atoms with Crippen molar-refractivity contribution in [2.45, 2.75) is 19.3 Å². The van der Waals surface area contributed by atoms with E-state index in [0.717, 1.165) is 43.6 Å². The molecular weight excluding hydrogens is 476 g/mol. The zero-order valence-corrected chi connectivity index (χ0v) is 18.8. The number of nitrogens with one attached hydrogen (secondary N) is 4. The summed E-state index contributed by atoms with van der Waals surface area (Å²) < 4.78 is 0.635. The SMILES string of the molecule is O=C(Nc1cccc(Nc2ncc(Br)c(N/C(=C/O)Cc3c[nH]cn3)n2)c1)N1CCCC1. The first-order valence-corrected chi connectivity index (χ1v) is 10.9. The molecule has 32 heavy (non-hydrogen) atoms. The van der Waals surface area contributed by atoms with Crippen LogP contribution in [0, 0.1) is 0 Å². The second-order valence-electron chi connectivity index (χ2n) is 7.24. The highest BCUT2D eigenvalue weighted by Gasteiger charge is 2.17. The molecule has 2 amide bonds. The third-order valence-corrected chi connectivity index (χ3v) is 5.45. The summed E-state index contributed by atoms with van der Waals surface area (Å²) in [4.78, 5) is 30.0. The average molecular weight is 499 g/mol. The number of urea groups is 1. The summed E-state index contributed by atoms with van der Waals surface area (Å²) in [6.45, 7) is 1.58. The highest BCUT2D eigenvalue weighted by atomic mass is 79.9. The Bertz CT molecular complexity index is 1100. The number of halogens is 1. The molecule has 3 aromatic rings. The minimum atomic E-state index is -0.0914. The quantitative estimate of drug-likeness (QED) is 0.305. The van der Waals surface area contributed by atoms with Crippen molar-refractivity contribution in [3.8, 4) is 0 Å². The number of aliphatic hydroxyl groups excluding tert-OH is 1. The maximum absolute atomic E-state index is 12.3. The molecule has 0 saturated carbocycles. The number of nitrogens with zero attached hydrogens (tertiary/aromatic N) is 4. The Labute approximate surface area is 193 Å². The van der Waals surface area contributed by atoms with Gasteiger partial charge in [0, 0.05) is 43.3 Å². The van der Waals surface area contributed by atoms with Gasteiger partial charge in [-0.05, 0) is 47.0 Å². The second kappa shape index (κ2) is 10.1. The van der Waals surface area contributed by atoms with Crippen LogP contribution >= 0.6 is 15.9 Å². The normalized spacial score (nSPS) is 13.8. The Balaban J connectivity index is 1.43. The van der Waals surface area contributed by atoms with E-state index in [1.165, 1.54) is 0 Å². The lowest BCUT2D eigenvalue weighted by molar-refractivity contribution is 0.222. The molecule has 0 bridgehead atoms. The Kier molecular flexibility index (Phi) is 6.85. The summed E-state index contributed by atoms with van der Waals surface area (Å²) in [7, 11) is 0. The number of amides is 2. The van der Waals surface area contributed by atoms with Crippen LogP contribution in [-0.2, 0) is 6.42 Å². The second-order valence-corrected chi connectivity index (χ2v) is 8.09. The third kappa shape index (κ3) is 5.55. The van der Waals surface area contributed by atoms with Crippen LogP contribution in [0.15, 0.2) is 59.4 Å². The summed E-state index contributed by atoms with van der Waals surface area (Å²) in [5.41, 5.74) is 2.71. The summed E-state index contributed by atoms with van der Waals surface area (Å²) in [6, 6.07) is 7.27. The number of likely N-dealkylation sites (tertiary alicyclic amines) is 1. The standard InChI is InChI=1S/C21H23BrN8O2/c22-18-11-24-20(29-19(18)26-17(12-31)9-16-10-23-13-25-16)27-14-4-3-5-15(8-14)28-21(32)30-6-1-2-7-30/h3-5,8,10-13,31H,1-2,6-7,9H2,(H,23,25)(H,28,32)(H2,24,26,27,29)/b17-12+. The lowest BCUT2D eigenvalue weighted by atomic mass is 10.2. The molecule has 4 rings (SSSR count). The van der Waals surface area contributed by atoms with Crippen LogP contribution in [0.4, 0.5) is 27.9 Å². The molecule has 2 aromatic heterocycles. The van der Waals surface area contributed by atoms with Crippen LogP contribution in [-0.4, -0.2) is 49.1 Å². The van der Waals surface area contributed by atoms with Crippen LogP contribution in [0.3, 0.4) is 0 Å². The van der Waals surface area contributed by atoms with E-state index in [4.69, 9.17) is 0 Å². The fraction of sp³-hybridized carbons (Fsp3) is 0.238. The number of benzene rings is 1. The van der Waals surface area contributed by atoms with Gasteiger partial charge in [0.25, 0.3) is 0 Å². The van der Waals surface area contributed by atoms with Crippen LogP contribution in [0.5, 0.6) is 0 Å².